The Morgan fingerprint density at radius 2 is 1.95 bits per heavy atom. The second-order valence-corrected chi connectivity index (χ2v) is 5.14. The highest BCUT2D eigenvalue weighted by atomic mass is 32.2. The number of hydrogen-bond donors (Lipinski definition) is 1. The van der Waals surface area contributed by atoms with Gasteiger partial charge >= 0.3 is 0 Å². The zero-order valence-electron chi connectivity index (χ0n) is 11.0. The van der Waals surface area contributed by atoms with E-state index in [0.29, 0.717) is 0 Å². The Bertz CT molecular complexity index is 704. The Kier molecular flexibility index (Phi) is 3.43. The molecule has 0 atom stereocenters. The number of benzene rings is 1. The first-order chi connectivity index (χ1) is 9.78. The minimum atomic E-state index is 0.749. The van der Waals surface area contributed by atoms with E-state index in [9.17, 15) is 0 Å². The lowest BCUT2D eigenvalue weighted by Gasteiger charge is -2.05. The van der Waals surface area contributed by atoms with Crippen LogP contribution in [0.5, 0.6) is 0 Å². The molecule has 5 heteroatoms. The smallest absolute Gasteiger partial charge is 0.100 e. The summed E-state index contributed by atoms with van der Waals surface area (Å²) in [6, 6.07) is 13.7. The molecule has 0 radical (unpaired) electrons. The van der Waals surface area contributed by atoms with E-state index in [1.54, 1.807) is 18.0 Å². The third-order valence-corrected chi connectivity index (χ3v) is 3.69. The van der Waals surface area contributed by atoms with Crippen molar-refractivity contribution < 1.29 is 0 Å². The first-order valence-corrected chi connectivity index (χ1v) is 7.41. The van der Waals surface area contributed by atoms with Crippen LogP contribution in [0.25, 0.3) is 16.9 Å². The fourth-order valence-electron chi connectivity index (χ4n) is 1.97. The van der Waals surface area contributed by atoms with Crippen molar-refractivity contribution in [2.75, 3.05) is 12.0 Å². The highest BCUT2D eigenvalue weighted by Gasteiger charge is 2.10. The van der Waals surface area contributed by atoms with Crippen LogP contribution >= 0.6 is 11.8 Å². The molecule has 0 saturated carbocycles. The number of nitrogens with zero attached hydrogens (tertiary/aromatic N) is 3. The Balaban J connectivity index is 2.07. The van der Waals surface area contributed by atoms with Gasteiger partial charge in [-0.25, -0.2) is 4.68 Å². The van der Waals surface area contributed by atoms with Crippen molar-refractivity contribution in [1.82, 2.24) is 14.8 Å². The summed E-state index contributed by atoms with van der Waals surface area (Å²) < 4.78 is 1.92. The molecule has 100 valence electrons. The molecule has 0 aliphatic carbocycles. The third kappa shape index (κ3) is 2.40. The number of rotatable bonds is 3. The zero-order chi connectivity index (χ0) is 13.9. The second kappa shape index (κ2) is 5.38. The molecule has 0 aliphatic rings. The summed E-state index contributed by atoms with van der Waals surface area (Å²) in [4.78, 5) is 4.14. The van der Waals surface area contributed by atoms with Crippen LogP contribution in [0.15, 0.2) is 59.9 Å². The summed E-state index contributed by atoms with van der Waals surface area (Å²) in [5.74, 6) is 0. The predicted molar refractivity (Wildman–Crippen MR) is 83.0 cm³/mol. The van der Waals surface area contributed by atoms with Crippen LogP contribution in [0.3, 0.4) is 0 Å². The number of pyridine rings is 1. The topological polar surface area (TPSA) is 56.7 Å². The summed E-state index contributed by atoms with van der Waals surface area (Å²) in [6.45, 7) is 0. The van der Waals surface area contributed by atoms with Crippen LogP contribution in [0.1, 0.15) is 0 Å². The van der Waals surface area contributed by atoms with Gasteiger partial charge in [0.25, 0.3) is 0 Å². The summed E-state index contributed by atoms with van der Waals surface area (Å²) in [5, 5.41) is 5.74. The van der Waals surface area contributed by atoms with E-state index in [0.717, 1.165) is 27.7 Å². The molecule has 0 spiro atoms. The predicted octanol–water partition coefficient (Wildman–Crippen LogP) is 3.24. The molecule has 0 unspecified atom stereocenters. The second-order valence-electron chi connectivity index (χ2n) is 4.32. The number of nitrogen functional groups attached to an aromatic ring is 1. The molecule has 2 heterocycles. The molecular formula is C15H14N4S. The highest BCUT2D eigenvalue weighted by molar-refractivity contribution is 7.98. The number of thioether (sulfide) groups is 1. The van der Waals surface area contributed by atoms with Gasteiger partial charge < -0.3 is 5.73 Å². The molecule has 3 aromatic rings. The van der Waals surface area contributed by atoms with E-state index in [1.807, 2.05) is 53.5 Å². The van der Waals surface area contributed by atoms with Gasteiger partial charge in [0.05, 0.1) is 11.4 Å². The molecule has 0 bridgehead atoms. The molecule has 1 aromatic carbocycles. The van der Waals surface area contributed by atoms with Crippen LogP contribution < -0.4 is 5.73 Å². The van der Waals surface area contributed by atoms with E-state index in [2.05, 4.69) is 16.1 Å². The van der Waals surface area contributed by atoms with Gasteiger partial charge in [-0.15, -0.1) is 11.8 Å². The maximum Gasteiger partial charge on any atom is 0.100 e. The lowest BCUT2D eigenvalue weighted by atomic mass is 10.2. The highest BCUT2D eigenvalue weighted by Crippen LogP contribution is 2.26. The molecule has 2 N–H and O–H groups in total. The van der Waals surface area contributed by atoms with E-state index >= 15 is 0 Å². The Hall–Kier alpha value is -2.27. The van der Waals surface area contributed by atoms with E-state index in [4.69, 9.17) is 5.73 Å². The minimum Gasteiger partial charge on any atom is -0.399 e. The van der Waals surface area contributed by atoms with Crippen molar-refractivity contribution in [3.05, 3.63) is 54.9 Å². The van der Waals surface area contributed by atoms with Gasteiger partial charge in [0, 0.05) is 23.6 Å². The van der Waals surface area contributed by atoms with Crippen molar-refractivity contribution in [3.8, 4) is 16.9 Å². The van der Waals surface area contributed by atoms with Gasteiger partial charge in [0.15, 0.2) is 0 Å². The van der Waals surface area contributed by atoms with Crippen molar-refractivity contribution in [3.63, 3.8) is 0 Å². The zero-order valence-corrected chi connectivity index (χ0v) is 11.8. The van der Waals surface area contributed by atoms with E-state index < -0.39 is 0 Å². The van der Waals surface area contributed by atoms with Crippen molar-refractivity contribution >= 4 is 17.4 Å². The fraction of sp³-hybridized carbons (Fsp3) is 0.0667. The minimum absolute atomic E-state index is 0.749. The quantitative estimate of drug-likeness (QED) is 0.592. The van der Waals surface area contributed by atoms with E-state index in [1.165, 1.54) is 0 Å². The molecule has 0 amide bonds. The van der Waals surface area contributed by atoms with Gasteiger partial charge in [0.1, 0.15) is 5.03 Å². The van der Waals surface area contributed by atoms with Gasteiger partial charge in [-0.2, -0.15) is 5.10 Å². The molecule has 0 saturated heterocycles. The summed E-state index contributed by atoms with van der Waals surface area (Å²) in [7, 11) is 0. The Labute approximate surface area is 121 Å². The van der Waals surface area contributed by atoms with Crippen molar-refractivity contribution in [2.24, 2.45) is 0 Å². The molecule has 3 rings (SSSR count). The summed E-state index contributed by atoms with van der Waals surface area (Å²) >= 11 is 1.66. The largest absolute Gasteiger partial charge is 0.399 e. The van der Waals surface area contributed by atoms with Crippen molar-refractivity contribution in [1.29, 1.82) is 0 Å². The monoisotopic (exact) mass is 282 g/mol. The lowest BCUT2D eigenvalue weighted by Crippen LogP contribution is -1.98. The van der Waals surface area contributed by atoms with Gasteiger partial charge in [-0.05, 0) is 48.7 Å². The van der Waals surface area contributed by atoms with Crippen LogP contribution in [-0.2, 0) is 0 Å². The molecule has 20 heavy (non-hydrogen) atoms. The maximum atomic E-state index is 5.73. The molecule has 0 fully saturated rings. The summed E-state index contributed by atoms with van der Waals surface area (Å²) in [6.07, 6.45) is 5.62. The van der Waals surface area contributed by atoms with Crippen LogP contribution in [-0.4, -0.2) is 21.0 Å². The molecular weight excluding hydrogens is 268 g/mol. The third-order valence-electron chi connectivity index (χ3n) is 2.98. The van der Waals surface area contributed by atoms with Crippen molar-refractivity contribution in [2.45, 2.75) is 5.03 Å². The van der Waals surface area contributed by atoms with Crippen LogP contribution in [0, 0.1) is 0 Å². The van der Waals surface area contributed by atoms with E-state index in [-0.39, 0.29) is 0 Å². The number of nitrogens with two attached hydrogens (primary N) is 1. The molecule has 4 nitrogen and oxygen atoms in total. The first-order valence-electron chi connectivity index (χ1n) is 6.18. The van der Waals surface area contributed by atoms with Gasteiger partial charge in [-0.3, -0.25) is 4.98 Å². The Morgan fingerprint density at radius 1 is 1.15 bits per heavy atom. The summed E-state index contributed by atoms with van der Waals surface area (Å²) in [5.41, 5.74) is 9.40. The average molecular weight is 282 g/mol. The number of aromatic nitrogens is 3. The Morgan fingerprint density at radius 3 is 2.60 bits per heavy atom. The van der Waals surface area contributed by atoms with Gasteiger partial charge in [-0.1, -0.05) is 0 Å². The standard InChI is InChI=1S/C15H14N4S/c1-20-15-9-14(11-3-2-8-17-10-11)18-19(15)13-6-4-12(16)5-7-13/h2-10H,16H2,1H3. The molecule has 0 aliphatic heterocycles. The normalized spacial score (nSPS) is 10.7. The molecule has 2 aromatic heterocycles. The average Bonchev–Trinajstić information content (AvgIpc) is 2.93. The lowest BCUT2D eigenvalue weighted by molar-refractivity contribution is 0.807. The SMILES string of the molecule is CSc1cc(-c2cccnc2)nn1-c1ccc(N)cc1. The number of anilines is 1. The number of hydrogen-bond acceptors (Lipinski definition) is 4. The fourth-order valence-corrected chi connectivity index (χ4v) is 2.51. The van der Waals surface area contributed by atoms with Crippen LogP contribution in [0.4, 0.5) is 5.69 Å². The first kappa shape index (κ1) is 12.7. The maximum absolute atomic E-state index is 5.73. The van der Waals surface area contributed by atoms with Gasteiger partial charge in [0.2, 0.25) is 0 Å². The van der Waals surface area contributed by atoms with Crippen LogP contribution in [0.2, 0.25) is 0 Å².